The van der Waals surface area contributed by atoms with Crippen LogP contribution in [0.1, 0.15) is 36.0 Å². The van der Waals surface area contributed by atoms with Crippen LogP contribution >= 0.6 is 0 Å². The van der Waals surface area contributed by atoms with Gasteiger partial charge in [0.1, 0.15) is 0 Å². The van der Waals surface area contributed by atoms with Crippen molar-refractivity contribution < 1.29 is 14.3 Å². The van der Waals surface area contributed by atoms with Crippen molar-refractivity contribution in [2.75, 3.05) is 13.3 Å². The summed E-state index contributed by atoms with van der Waals surface area (Å²) < 4.78 is 11.0. The lowest BCUT2D eigenvalue weighted by molar-refractivity contribution is -0.129. The van der Waals surface area contributed by atoms with Crippen molar-refractivity contribution in [2.24, 2.45) is 0 Å². The van der Waals surface area contributed by atoms with Crippen molar-refractivity contribution in [1.82, 2.24) is 4.90 Å². The van der Waals surface area contributed by atoms with Crippen LogP contribution < -0.4 is 9.47 Å². The van der Waals surface area contributed by atoms with Crippen molar-refractivity contribution in [1.29, 1.82) is 0 Å². The number of nitrogens with zero attached hydrogens (tertiary/aromatic N) is 1. The van der Waals surface area contributed by atoms with Gasteiger partial charge >= 0.3 is 0 Å². The molecule has 0 unspecified atom stereocenters. The van der Waals surface area contributed by atoms with Crippen molar-refractivity contribution in [3.05, 3.63) is 95.6 Å². The Bertz CT molecular complexity index is 956. The molecule has 4 nitrogen and oxygen atoms in total. The van der Waals surface area contributed by atoms with Gasteiger partial charge in [0.25, 0.3) is 0 Å². The highest BCUT2D eigenvalue weighted by atomic mass is 16.7. The molecule has 148 valence electrons. The topological polar surface area (TPSA) is 38.8 Å². The monoisotopic (exact) mass is 387 g/mol. The maximum absolute atomic E-state index is 12.3. The van der Waals surface area contributed by atoms with Crippen LogP contribution in [0.3, 0.4) is 0 Å². The number of carbonyl (C=O) groups excluding carboxylic acids is 1. The SMILES string of the molecule is CC(=O)N(CC[C@@H](c1ccccc1)c1ccc2c(c1)OCO2)Cc1ccccc1. The van der Waals surface area contributed by atoms with E-state index in [0.717, 1.165) is 23.5 Å². The van der Waals surface area contributed by atoms with E-state index >= 15 is 0 Å². The first-order chi connectivity index (χ1) is 14.2. The van der Waals surface area contributed by atoms with E-state index in [9.17, 15) is 4.79 Å². The number of hydrogen-bond donors (Lipinski definition) is 0. The summed E-state index contributed by atoms with van der Waals surface area (Å²) in [5.74, 6) is 1.83. The molecule has 0 saturated carbocycles. The van der Waals surface area contributed by atoms with Crippen LogP contribution in [0, 0.1) is 0 Å². The smallest absolute Gasteiger partial charge is 0.231 e. The Hall–Kier alpha value is -3.27. The van der Waals surface area contributed by atoms with Crippen molar-refractivity contribution in [3.63, 3.8) is 0 Å². The van der Waals surface area contributed by atoms with Crippen LogP contribution in [-0.4, -0.2) is 24.1 Å². The molecule has 1 atom stereocenters. The summed E-state index contributed by atoms with van der Waals surface area (Å²) in [5, 5.41) is 0. The molecule has 0 fully saturated rings. The Labute approximate surface area is 171 Å². The first kappa shape index (κ1) is 19.1. The molecule has 0 bridgehead atoms. The first-order valence-electron chi connectivity index (χ1n) is 9.94. The average Bonchev–Trinajstić information content (AvgIpc) is 3.22. The van der Waals surface area contributed by atoms with Crippen LogP contribution in [0.4, 0.5) is 0 Å². The molecule has 1 heterocycles. The minimum Gasteiger partial charge on any atom is -0.454 e. The molecule has 1 aliphatic rings. The van der Waals surface area contributed by atoms with Gasteiger partial charge in [-0.2, -0.15) is 0 Å². The van der Waals surface area contributed by atoms with E-state index < -0.39 is 0 Å². The van der Waals surface area contributed by atoms with Gasteiger partial charge in [0.2, 0.25) is 12.7 Å². The summed E-state index contributed by atoms with van der Waals surface area (Å²) >= 11 is 0. The molecular weight excluding hydrogens is 362 g/mol. The van der Waals surface area contributed by atoms with Crippen LogP contribution in [-0.2, 0) is 11.3 Å². The van der Waals surface area contributed by atoms with Gasteiger partial charge in [-0.25, -0.2) is 0 Å². The summed E-state index contributed by atoms with van der Waals surface area (Å²) in [6.45, 7) is 3.21. The molecule has 4 rings (SSSR count). The molecule has 0 radical (unpaired) electrons. The number of hydrogen-bond acceptors (Lipinski definition) is 3. The number of carbonyl (C=O) groups is 1. The predicted molar refractivity (Wildman–Crippen MR) is 113 cm³/mol. The van der Waals surface area contributed by atoms with Crippen molar-refractivity contribution in [2.45, 2.75) is 25.8 Å². The summed E-state index contributed by atoms with van der Waals surface area (Å²) in [5.41, 5.74) is 3.54. The van der Waals surface area contributed by atoms with E-state index in [1.807, 2.05) is 35.2 Å². The van der Waals surface area contributed by atoms with Crippen LogP contribution in [0.15, 0.2) is 78.9 Å². The fourth-order valence-electron chi connectivity index (χ4n) is 3.78. The van der Waals surface area contributed by atoms with Gasteiger partial charge < -0.3 is 14.4 Å². The van der Waals surface area contributed by atoms with Crippen molar-refractivity contribution >= 4 is 5.91 Å². The second kappa shape index (κ2) is 8.82. The summed E-state index contributed by atoms with van der Waals surface area (Å²) in [6, 6.07) is 26.7. The largest absolute Gasteiger partial charge is 0.454 e. The highest BCUT2D eigenvalue weighted by Crippen LogP contribution is 2.37. The Morgan fingerprint density at radius 1 is 0.897 bits per heavy atom. The minimum atomic E-state index is 0.0892. The highest BCUT2D eigenvalue weighted by Gasteiger charge is 2.21. The first-order valence-corrected chi connectivity index (χ1v) is 9.94. The summed E-state index contributed by atoms with van der Waals surface area (Å²) in [7, 11) is 0. The summed E-state index contributed by atoms with van der Waals surface area (Å²) in [4.78, 5) is 14.2. The molecule has 3 aromatic rings. The van der Waals surface area contributed by atoms with Gasteiger partial charge in [0.05, 0.1) is 0 Å². The fraction of sp³-hybridized carbons (Fsp3) is 0.240. The zero-order valence-electron chi connectivity index (χ0n) is 16.6. The molecule has 0 spiro atoms. The molecule has 0 aliphatic carbocycles. The van der Waals surface area contributed by atoms with E-state index in [1.165, 1.54) is 11.1 Å². The number of ether oxygens (including phenoxy) is 2. The quantitative estimate of drug-likeness (QED) is 0.574. The van der Waals surface area contributed by atoms with Gasteiger partial charge in [-0.05, 0) is 35.2 Å². The minimum absolute atomic E-state index is 0.0892. The predicted octanol–water partition coefficient (Wildman–Crippen LogP) is 4.99. The standard InChI is InChI=1S/C25H25NO3/c1-19(27)26(17-20-8-4-2-5-9-20)15-14-23(21-10-6-3-7-11-21)22-12-13-24-25(16-22)29-18-28-24/h2-13,16,23H,14-15,17-18H2,1H3/t23-/m0/s1. The van der Waals surface area contributed by atoms with Gasteiger partial charge in [-0.1, -0.05) is 66.7 Å². The van der Waals surface area contributed by atoms with E-state index in [-0.39, 0.29) is 18.6 Å². The number of amides is 1. The molecule has 0 aromatic heterocycles. The lowest BCUT2D eigenvalue weighted by Crippen LogP contribution is -2.30. The van der Waals surface area contributed by atoms with Gasteiger partial charge in [-0.15, -0.1) is 0 Å². The third-order valence-corrected chi connectivity index (χ3v) is 5.35. The lowest BCUT2D eigenvalue weighted by Gasteiger charge is -2.25. The second-order valence-corrected chi connectivity index (χ2v) is 7.29. The molecule has 1 aliphatic heterocycles. The third kappa shape index (κ3) is 4.60. The van der Waals surface area contributed by atoms with E-state index in [4.69, 9.17) is 9.47 Å². The number of benzene rings is 3. The summed E-state index contributed by atoms with van der Waals surface area (Å²) in [6.07, 6.45) is 0.829. The lowest BCUT2D eigenvalue weighted by atomic mass is 9.88. The third-order valence-electron chi connectivity index (χ3n) is 5.35. The molecule has 3 aromatic carbocycles. The normalized spacial score (nSPS) is 13.1. The van der Waals surface area contributed by atoms with Gasteiger partial charge in [0.15, 0.2) is 11.5 Å². The zero-order chi connectivity index (χ0) is 20.1. The molecule has 0 N–H and O–H groups in total. The molecule has 29 heavy (non-hydrogen) atoms. The fourth-order valence-corrected chi connectivity index (χ4v) is 3.78. The van der Waals surface area contributed by atoms with Gasteiger partial charge in [-0.3, -0.25) is 4.79 Å². The van der Waals surface area contributed by atoms with E-state index in [0.29, 0.717) is 13.1 Å². The number of rotatable bonds is 7. The van der Waals surface area contributed by atoms with Crippen LogP contribution in [0.2, 0.25) is 0 Å². The van der Waals surface area contributed by atoms with Crippen LogP contribution in [0.25, 0.3) is 0 Å². The maximum atomic E-state index is 12.3. The maximum Gasteiger partial charge on any atom is 0.231 e. The highest BCUT2D eigenvalue weighted by molar-refractivity contribution is 5.73. The zero-order valence-corrected chi connectivity index (χ0v) is 16.6. The number of fused-ring (bicyclic) bond motifs is 1. The Morgan fingerprint density at radius 3 is 2.31 bits per heavy atom. The molecular formula is C25H25NO3. The Kier molecular flexibility index (Phi) is 5.80. The Morgan fingerprint density at radius 2 is 1.59 bits per heavy atom. The van der Waals surface area contributed by atoms with E-state index in [2.05, 4.69) is 48.5 Å². The molecule has 1 amide bonds. The average molecular weight is 387 g/mol. The van der Waals surface area contributed by atoms with Crippen LogP contribution in [0.5, 0.6) is 11.5 Å². The second-order valence-electron chi connectivity index (χ2n) is 7.29. The van der Waals surface area contributed by atoms with E-state index in [1.54, 1.807) is 6.92 Å². The van der Waals surface area contributed by atoms with Gasteiger partial charge in [0, 0.05) is 25.9 Å². The Balaban J connectivity index is 1.56. The molecule has 0 saturated heterocycles. The van der Waals surface area contributed by atoms with Crippen molar-refractivity contribution in [3.8, 4) is 11.5 Å². The molecule has 4 heteroatoms.